The minimum Gasteiger partial charge on any atom is -0.456 e. The summed E-state index contributed by atoms with van der Waals surface area (Å²) in [5.74, 6) is -2.09. The second-order valence-corrected chi connectivity index (χ2v) is 6.19. The molecule has 0 saturated carbocycles. The number of nitrogens with two attached hydrogens (primary N) is 1. The predicted molar refractivity (Wildman–Crippen MR) is 99.7 cm³/mol. The third-order valence-corrected chi connectivity index (χ3v) is 4.13. The molecule has 2 aromatic heterocycles. The van der Waals surface area contributed by atoms with Crippen LogP contribution in [-0.2, 0) is 22.6 Å². The van der Waals surface area contributed by atoms with Crippen molar-refractivity contribution >= 4 is 23.3 Å². The zero-order chi connectivity index (χ0) is 21.9. The van der Waals surface area contributed by atoms with E-state index in [2.05, 4.69) is 5.10 Å². The maximum Gasteiger partial charge on any atom is 0.329 e. The number of ketones is 1. The van der Waals surface area contributed by atoms with Gasteiger partial charge in [-0.1, -0.05) is 6.92 Å². The molecule has 0 unspecified atom stereocenters. The molecule has 2 heterocycles. The van der Waals surface area contributed by atoms with Crippen molar-refractivity contribution in [2.45, 2.75) is 40.3 Å². The summed E-state index contributed by atoms with van der Waals surface area (Å²) in [7, 11) is 0. The fourth-order valence-electron chi connectivity index (χ4n) is 2.79. The van der Waals surface area contributed by atoms with Crippen LogP contribution in [0.3, 0.4) is 0 Å². The van der Waals surface area contributed by atoms with Crippen LogP contribution in [0, 0.1) is 24.0 Å². The van der Waals surface area contributed by atoms with E-state index in [1.165, 1.54) is 13.8 Å². The number of nitro groups is 1. The molecule has 0 aliphatic heterocycles. The highest BCUT2D eigenvalue weighted by Crippen LogP contribution is 2.21. The number of rotatable bonds is 8. The molecule has 0 amide bonds. The molecule has 2 rings (SSSR count). The first kappa shape index (κ1) is 21.5. The highest BCUT2D eigenvalue weighted by molar-refractivity contribution is 6.01. The van der Waals surface area contributed by atoms with Crippen molar-refractivity contribution in [2.24, 2.45) is 0 Å². The number of hydrogen-bond acceptors (Lipinski definition) is 9. The van der Waals surface area contributed by atoms with Crippen LogP contribution in [0.5, 0.6) is 0 Å². The highest BCUT2D eigenvalue weighted by Gasteiger charge is 2.24. The zero-order valence-electron chi connectivity index (χ0n) is 16.1. The number of H-pyrrole nitrogens is 1. The van der Waals surface area contributed by atoms with E-state index in [1.807, 2.05) is 4.98 Å². The van der Waals surface area contributed by atoms with Crippen LogP contribution in [-0.4, -0.2) is 42.6 Å². The first-order chi connectivity index (χ1) is 13.6. The normalized spacial score (nSPS) is 10.7. The van der Waals surface area contributed by atoms with Gasteiger partial charge in [0.2, 0.25) is 5.78 Å². The summed E-state index contributed by atoms with van der Waals surface area (Å²) in [6.45, 7) is 3.57. The minimum atomic E-state index is -0.977. The van der Waals surface area contributed by atoms with Gasteiger partial charge in [-0.15, -0.1) is 0 Å². The number of ether oxygens (including phenoxy) is 1. The van der Waals surface area contributed by atoms with Gasteiger partial charge in [-0.05, 0) is 20.3 Å². The molecule has 0 aromatic carbocycles. The Labute approximate surface area is 163 Å². The molecular weight excluding hydrogens is 388 g/mol. The molecule has 29 heavy (non-hydrogen) atoms. The number of Topliss-reactive ketones (excluding diaryl/α,β-unsaturated/α-hetero) is 1. The van der Waals surface area contributed by atoms with Crippen LogP contribution in [0.25, 0.3) is 0 Å². The Morgan fingerprint density at radius 1 is 1.31 bits per heavy atom. The maximum atomic E-state index is 12.3. The first-order valence-corrected chi connectivity index (χ1v) is 8.58. The van der Waals surface area contributed by atoms with Crippen molar-refractivity contribution in [2.75, 3.05) is 12.3 Å². The van der Waals surface area contributed by atoms with Crippen molar-refractivity contribution < 1.29 is 19.2 Å². The highest BCUT2D eigenvalue weighted by atomic mass is 16.6. The lowest BCUT2D eigenvalue weighted by Gasteiger charge is -2.11. The first-order valence-electron chi connectivity index (χ1n) is 8.58. The van der Waals surface area contributed by atoms with E-state index in [-0.39, 0.29) is 29.4 Å². The monoisotopic (exact) mass is 408 g/mol. The topological polar surface area (TPSA) is 185 Å². The third-order valence-electron chi connectivity index (χ3n) is 4.13. The molecule has 0 atom stereocenters. The molecule has 13 nitrogen and oxygen atoms in total. The van der Waals surface area contributed by atoms with Gasteiger partial charge in [-0.25, -0.2) is 4.79 Å². The predicted octanol–water partition coefficient (Wildman–Crippen LogP) is -0.324. The van der Waals surface area contributed by atoms with Crippen LogP contribution in [0.4, 0.5) is 11.5 Å². The Morgan fingerprint density at radius 2 is 1.97 bits per heavy atom. The Hall–Kier alpha value is -3.77. The number of nitrogen functional groups attached to an aromatic ring is 1. The largest absolute Gasteiger partial charge is 0.456 e. The lowest BCUT2D eigenvalue weighted by Crippen LogP contribution is -2.37. The molecule has 3 N–H and O–H groups in total. The molecule has 0 saturated heterocycles. The maximum absolute atomic E-state index is 12.3. The standard InChI is InChI=1S/C16H20N6O7/c1-4-5-20-14(17)12(15(25)18-16(20)26)10(23)7-29-11(24)6-21-9(3)13(22(27)28)8(2)19-21/h4-7,17H2,1-3H3,(H,18,25,26). The van der Waals surface area contributed by atoms with Crippen LogP contribution in [0.2, 0.25) is 0 Å². The van der Waals surface area contributed by atoms with Gasteiger partial charge >= 0.3 is 17.3 Å². The van der Waals surface area contributed by atoms with Gasteiger partial charge in [0.05, 0.1) is 4.92 Å². The van der Waals surface area contributed by atoms with Crippen LogP contribution in [0.1, 0.15) is 35.1 Å². The van der Waals surface area contributed by atoms with E-state index >= 15 is 0 Å². The number of hydrogen-bond donors (Lipinski definition) is 2. The summed E-state index contributed by atoms with van der Waals surface area (Å²) < 4.78 is 6.99. The molecule has 2 aromatic rings. The van der Waals surface area contributed by atoms with Crippen molar-refractivity contribution in [3.05, 3.63) is 47.9 Å². The fraction of sp³-hybridized carbons (Fsp3) is 0.438. The van der Waals surface area contributed by atoms with Crippen molar-refractivity contribution in [3.8, 4) is 0 Å². The summed E-state index contributed by atoms with van der Waals surface area (Å²) >= 11 is 0. The van der Waals surface area contributed by atoms with E-state index in [9.17, 15) is 29.3 Å². The Kier molecular flexibility index (Phi) is 6.31. The molecule has 0 fully saturated rings. The number of aromatic amines is 1. The number of aryl methyl sites for hydroxylation is 1. The van der Waals surface area contributed by atoms with Gasteiger partial charge in [0, 0.05) is 6.54 Å². The smallest absolute Gasteiger partial charge is 0.329 e. The average molecular weight is 408 g/mol. The number of nitrogens with one attached hydrogen (secondary N) is 1. The van der Waals surface area contributed by atoms with E-state index in [4.69, 9.17) is 10.5 Å². The summed E-state index contributed by atoms with van der Waals surface area (Å²) in [5, 5.41) is 14.9. The Bertz CT molecular complexity index is 1090. The van der Waals surface area contributed by atoms with Gasteiger partial charge in [-0.2, -0.15) is 5.10 Å². The van der Waals surface area contributed by atoms with Gasteiger partial charge in [0.25, 0.3) is 5.56 Å². The van der Waals surface area contributed by atoms with E-state index in [1.54, 1.807) is 6.92 Å². The number of carbonyl (C=O) groups is 2. The molecule has 0 aliphatic carbocycles. The van der Waals surface area contributed by atoms with Gasteiger partial charge < -0.3 is 10.5 Å². The molecule has 13 heteroatoms. The molecule has 156 valence electrons. The summed E-state index contributed by atoms with van der Waals surface area (Å²) in [6.07, 6.45) is 0.535. The summed E-state index contributed by atoms with van der Waals surface area (Å²) in [4.78, 5) is 60.5. The SMILES string of the molecule is CCCn1c(N)c(C(=O)COC(=O)Cn2nc(C)c([N+](=O)[O-])c2C)c(=O)[nH]c1=O. The number of esters is 1. The fourth-order valence-corrected chi connectivity index (χ4v) is 2.79. The molecule has 0 spiro atoms. The number of aromatic nitrogens is 4. The van der Waals surface area contributed by atoms with E-state index in [0.29, 0.717) is 6.42 Å². The quantitative estimate of drug-likeness (QED) is 0.255. The Morgan fingerprint density at radius 3 is 2.52 bits per heavy atom. The van der Waals surface area contributed by atoms with E-state index in [0.717, 1.165) is 9.25 Å². The third kappa shape index (κ3) is 4.39. The second-order valence-electron chi connectivity index (χ2n) is 6.19. The summed E-state index contributed by atoms with van der Waals surface area (Å²) in [6, 6.07) is 0. The number of anilines is 1. The molecule has 0 bridgehead atoms. The lowest BCUT2D eigenvalue weighted by atomic mass is 10.2. The van der Waals surface area contributed by atoms with Gasteiger partial charge in [0.1, 0.15) is 29.3 Å². The van der Waals surface area contributed by atoms with E-state index < -0.39 is 46.6 Å². The number of nitrogens with zero attached hydrogens (tertiary/aromatic N) is 4. The molecule has 0 aliphatic rings. The van der Waals surface area contributed by atoms with Gasteiger partial charge in [-0.3, -0.25) is 38.7 Å². The Balaban J connectivity index is 2.14. The van der Waals surface area contributed by atoms with Crippen LogP contribution in [0.15, 0.2) is 9.59 Å². The zero-order valence-corrected chi connectivity index (χ0v) is 16.1. The minimum absolute atomic E-state index is 0.133. The van der Waals surface area contributed by atoms with Crippen molar-refractivity contribution in [3.63, 3.8) is 0 Å². The second kappa shape index (κ2) is 8.50. The van der Waals surface area contributed by atoms with Gasteiger partial charge in [0.15, 0.2) is 6.61 Å². The van der Waals surface area contributed by atoms with Crippen molar-refractivity contribution in [1.82, 2.24) is 19.3 Å². The molecule has 0 radical (unpaired) electrons. The molecular formula is C16H20N6O7. The van der Waals surface area contributed by atoms with Crippen molar-refractivity contribution in [1.29, 1.82) is 0 Å². The summed E-state index contributed by atoms with van der Waals surface area (Å²) in [5.41, 5.74) is 3.65. The van der Waals surface area contributed by atoms with Crippen LogP contribution >= 0.6 is 0 Å². The lowest BCUT2D eigenvalue weighted by molar-refractivity contribution is -0.386. The average Bonchev–Trinajstić information content (AvgIpc) is 2.90. The van der Waals surface area contributed by atoms with Crippen LogP contribution < -0.4 is 17.0 Å². The number of carbonyl (C=O) groups excluding carboxylic acids is 2.